The zero-order chi connectivity index (χ0) is 13.3. The van der Waals surface area contributed by atoms with Crippen LogP contribution in [0.2, 0.25) is 0 Å². The summed E-state index contributed by atoms with van der Waals surface area (Å²) in [6.45, 7) is 1.87. The van der Waals surface area contributed by atoms with Gasteiger partial charge in [-0.25, -0.2) is 0 Å². The Morgan fingerprint density at radius 1 is 1.44 bits per heavy atom. The third-order valence-electron chi connectivity index (χ3n) is 2.53. The monoisotopic (exact) mass is 374 g/mol. The molecule has 0 bridgehead atoms. The van der Waals surface area contributed by atoms with Crippen LogP contribution in [0.3, 0.4) is 0 Å². The van der Waals surface area contributed by atoms with E-state index < -0.39 is 6.10 Å². The molecule has 0 aliphatic carbocycles. The molecule has 1 atom stereocenters. The van der Waals surface area contributed by atoms with E-state index in [-0.39, 0.29) is 12.5 Å². The molecule has 4 nitrogen and oxygen atoms in total. The predicted octanol–water partition coefficient (Wildman–Crippen LogP) is 2.80. The van der Waals surface area contributed by atoms with Crippen LogP contribution >= 0.6 is 31.9 Å². The van der Waals surface area contributed by atoms with Gasteiger partial charge in [-0.2, -0.15) is 0 Å². The number of carbonyl (C=O) groups excluding carboxylic acids is 1. The normalized spacial score (nSPS) is 12.7. The summed E-state index contributed by atoms with van der Waals surface area (Å²) in [4.78, 5) is 15.0. The van der Waals surface area contributed by atoms with Crippen LogP contribution < -0.4 is 5.32 Å². The third-order valence-corrected chi connectivity index (χ3v) is 4.37. The first-order valence-corrected chi connectivity index (χ1v) is 7.00. The lowest BCUT2D eigenvalue weighted by Gasteiger charge is -2.06. The molecule has 18 heavy (non-hydrogen) atoms. The molecule has 1 amide bonds. The fourth-order valence-electron chi connectivity index (χ4n) is 1.64. The van der Waals surface area contributed by atoms with E-state index in [1.165, 1.54) is 0 Å². The summed E-state index contributed by atoms with van der Waals surface area (Å²) < 4.78 is 1.81. The van der Waals surface area contributed by atoms with Crippen LogP contribution in [0.15, 0.2) is 27.3 Å². The van der Waals surface area contributed by atoms with Crippen molar-refractivity contribution in [2.45, 2.75) is 13.0 Å². The van der Waals surface area contributed by atoms with Crippen LogP contribution in [-0.2, 0) is 0 Å². The largest absolute Gasteiger partial charge is 0.392 e. The van der Waals surface area contributed by atoms with Gasteiger partial charge in [-0.15, -0.1) is 0 Å². The van der Waals surface area contributed by atoms with Gasteiger partial charge in [0.1, 0.15) is 0 Å². The molecular formula is C12H12Br2N2O2. The number of benzene rings is 1. The van der Waals surface area contributed by atoms with E-state index in [9.17, 15) is 4.79 Å². The van der Waals surface area contributed by atoms with Crippen molar-refractivity contribution in [3.05, 3.63) is 32.8 Å². The molecule has 1 aromatic heterocycles. The van der Waals surface area contributed by atoms with E-state index in [0.717, 1.165) is 19.8 Å². The lowest BCUT2D eigenvalue weighted by molar-refractivity contribution is 0.0925. The molecule has 1 aromatic carbocycles. The average molecular weight is 376 g/mol. The fourth-order valence-corrected chi connectivity index (χ4v) is 2.33. The zero-order valence-electron chi connectivity index (χ0n) is 9.63. The minimum Gasteiger partial charge on any atom is -0.392 e. The maximum absolute atomic E-state index is 12.0. The van der Waals surface area contributed by atoms with Gasteiger partial charge < -0.3 is 15.4 Å². The Kier molecular flexibility index (Phi) is 4.09. The number of hydrogen-bond donors (Lipinski definition) is 3. The molecule has 2 aromatic rings. The fraction of sp³-hybridized carbons (Fsp3) is 0.250. The summed E-state index contributed by atoms with van der Waals surface area (Å²) in [5.41, 5.74) is 1.45. The Morgan fingerprint density at radius 2 is 2.11 bits per heavy atom. The van der Waals surface area contributed by atoms with Gasteiger partial charge in [0.25, 0.3) is 5.91 Å². The minimum absolute atomic E-state index is 0.198. The molecule has 0 fully saturated rings. The first-order chi connectivity index (χ1) is 8.49. The third kappa shape index (κ3) is 2.76. The summed E-state index contributed by atoms with van der Waals surface area (Å²) in [5, 5.41) is 12.7. The first kappa shape index (κ1) is 13.6. The van der Waals surface area contributed by atoms with E-state index in [1.54, 1.807) is 13.1 Å². The summed E-state index contributed by atoms with van der Waals surface area (Å²) in [7, 11) is 0. The lowest BCUT2D eigenvalue weighted by Crippen LogP contribution is -2.30. The van der Waals surface area contributed by atoms with Crippen LogP contribution in [0.25, 0.3) is 10.9 Å². The molecule has 96 valence electrons. The quantitative estimate of drug-likeness (QED) is 0.772. The highest BCUT2D eigenvalue weighted by Crippen LogP contribution is 2.29. The number of aromatic amines is 1. The molecule has 0 spiro atoms. The molecule has 6 heteroatoms. The summed E-state index contributed by atoms with van der Waals surface area (Å²) in [6.07, 6.45) is 1.11. The lowest BCUT2D eigenvalue weighted by atomic mass is 10.1. The van der Waals surface area contributed by atoms with Crippen LogP contribution in [0, 0.1) is 0 Å². The smallest absolute Gasteiger partial charge is 0.253 e. The van der Waals surface area contributed by atoms with Gasteiger partial charge in [-0.3, -0.25) is 4.79 Å². The number of halogens is 2. The van der Waals surface area contributed by atoms with E-state index >= 15 is 0 Å². The number of aliphatic hydroxyl groups is 1. The molecular weight excluding hydrogens is 364 g/mol. The average Bonchev–Trinajstić information content (AvgIpc) is 2.69. The van der Waals surface area contributed by atoms with Crippen LogP contribution in [-0.4, -0.2) is 28.6 Å². The SMILES string of the molecule is CC(O)CNC(=O)c1c[nH]c2cc(Br)c(Br)cc12. The second-order valence-electron chi connectivity index (χ2n) is 4.07. The van der Waals surface area contributed by atoms with Gasteiger partial charge in [0.05, 0.1) is 11.7 Å². The van der Waals surface area contributed by atoms with Gasteiger partial charge in [-0.1, -0.05) is 0 Å². The number of aromatic nitrogens is 1. The van der Waals surface area contributed by atoms with Gasteiger partial charge in [0.15, 0.2) is 0 Å². The van der Waals surface area contributed by atoms with E-state index in [2.05, 4.69) is 42.2 Å². The number of fused-ring (bicyclic) bond motifs is 1. The van der Waals surface area contributed by atoms with Crippen molar-refractivity contribution in [1.82, 2.24) is 10.3 Å². The highest BCUT2D eigenvalue weighted by Gasteiger charge is 2.13. The number of carbonyl (C=O) groups is 1. The van der Waals surface area contributed by atoms with E-state index in [4.69, 9.17) is 5.11 Å². The van der Waals surface area contributed by atoms with Crippen molar-refractivity contribution in [1.29, 1.82) is 0 Å². The maximum Gasteiger partial charge on any atom is 0.253 e. The molecule has 0 saturated carbocycles. The van der Waals surface area contributed by atoms with Gasteiger partial charge >= 0.3 is 0 Å². The first-order valence-electron chi connectivity index (χ1n) is 5.41. The number of H-pyrrole nitrogens is 1. The Labute approximate surface area is 121 Å². The van der Waals surface area contributed by atoms with Crippen molar-refractivity contribution in [3.8, 4) is 0 Å². The molecule has 0 radical (unpaired) electrons. The number of aliphatic hydroxyl groups excluding tert-OH is 1. The van der Waals surface area contributed by atoms with Crippen molar-refractivity contribution in [3.63, 3.8) is 0 Å². The number of hydrogen-bond acceptors (Lipinski definition) is 2. The van der Waals surface area contributed by atoms with E-state index in [0.29, 0.717) is 5.56 Å². The summed E-state index contributed by atoms with van der Waals surface area (Å²) >= 11 is 6.83. The predicted molar refractivity (Wildman–Crippen MR) is 77.7 cm³/mol. The van der Waals surface area contributed by atoms with Gasteiger partial charge in [-0.05, 0) is 50.9 Å². The molecule has 1 heterocycles. The van der Waals surface area contributed by atoms with Crippen LogP contribution in [0.4, 0.5) is 0 Å². The highest BCUT2D eigenvalue weighted by molar-refractivity contribution is 9.13. The second kappa shape index (κ2) is 5.42. The Bertz CT molecular complexity index is 593. The molecule has 0 aliphatic heterocycles. The molecule has 1 unspecified atom stereocenters. The topological polar surface area (TPSA) is 65.1 Å². The van der Waals surface area contributed by atoms with Crippen molar-refractivity contribution < 1.29 is 9.90 Å². The van der Waals surface area contributed by atoms with Gasteiger partial charge in [0.2, 0.25) is 0 Å². The van der Waals surface area contributed by atoms with Crippen molar-refractivity contribution in [2.75, 3.05) is 6.54 Å². The number of rotatable bonds is 3. The molecule has 0 saturated heterocycles. The molecule has 3 N–H and O–H groups in total. The van der Waals surface area contributed by atoms with Crippen molar-refractivity contribution >= 4 is 48.7 Å². The Balaban J connectivity index is 2.34. The van der Waals surface area contributed by atoms with Crippen molar-refractivity contribution in [2.24, 2.45) is 0 Å². The second-order valence-corrected chi connectivity index (χ2v) is 5.78. The molecule has 0 aliphatic rings. The standard InChI is InChI=1S/C12H12Br2N2O2/c1-6(17)4-16-12(18)8-5-15-11-3-10(14)9(13)2-7(8)11/h2-3,5-6,15,17H,4H2,1H3,(H,16,18). The Hall–Kier alpha value is -0.850. The number of amides is 1. The Morgan fingerprint density at radius 3 is 2.78 bits per heavy atom. The highest BCUT2D eigenvalue weighted by atomic mass is 79.9. The van der Waals surface area contributed by atoms with Crippen LogP contribution in [0.1, 0.15) is 17.3 Å². The number of nitrogens with one attached hydrogen (secondary N) is 2. The molecule has 2 rings (SSSR count). The minimum atomic E-state index is -0.556. The maximum atomic E-state index is 12.0. The van der Waals surface area contributed by atoms with E-state index in [1.807, 2.05) is 12.1 Å². The zero-order valence-corrected chi connectivity index (χ0v) is 12.8. The summed E-state index contributed by atoms with van der Waals surface area (Å²) in [6, 6.07) is 3.79. The van der Waals surface area contributed by atoms with Gasteiger partial charge in [0, 0.05) is 32.6 Å². The summed E-state index contributed by atoms with van der Waals surface area (Å²) in [5.74, 6) is -0.198. The van der Waals surface area contributed by atoms with Crippen LogP contribution in [0.5, 0.6) is 0 Å².